The number of rotatable bonds is 5. The van der Waals surface area contributed by atoms with Crippen LogP contribution in [-0.2, 0) is 22.8 Å². The Morgan fingerprint density at radius 2 is 1.96 bits per heavy atom. The van der Waals surface area contributed by atoms with Crippen molar-refractivity contribution in [2.45, 2.75) is 12.7 Å². The smallest absolute Gasteiger partial charge is 0.281 e. The largest absolute Gasteiger partial charge is 0.366 e. The summed E-state index contributed by atoms with van der Waals surface area (Å²) in [6.45, 7) is 1.56. The van der Waals surface area contributed by atoms with Crippen LogP contribution in [0.15, 0.2) is 30.5 Å². The van der Waals surface area contributed by atoms with Crippen LogP contribution in [0, 0.1) is 12.7 Å². The van der Waals surface area contributed by atoms with Crippen molar-refractivity contribution < 1.29 is 22.4 Å². The Bertz CT molecular complexity index is 919. The van der Waals surface area contributed by atoms with E-state index in [1.807, 2.05) is 4.72 Å². The SMILES string of the molecule is Cc1ccc(CS(=O)(=O)NC(=O)c2cc(C(N)=O)cn2C)cc1F. The highest BCUT2D eigenvalue weighted by Gasteiger charge is 2.20. The van der Waals surface area contributed by atoms with Gasteiger partial charge in [-0.25, -0.2) is 17.5 Å². The molecule has 9 heteroatoms. The van der Waals surface area contributed by atoms with Crippen LogP contribution in [0.25, 0.3) is 0 Å². The number of carbonyl (C=O) groups excluding carboxylic acids is 2. The van der Waals surface area contributed by atoms with Gasteiger partial charge in [-0.2, -0.15) is 0 Å². The standard InChI is InChI=1S/C15H16FN3O4S/c1-9-3-4-10(5-12(9)16)8-24(22,23)18-15(21)13-6-11(14(17)20)7-19(13)2/h3-7H,8H2,1-2H3,(H2,17,20)(H,18,21). The van der Waals surface area contributed by atoms with E-state index in [1.165, 1.54) is 36.0 Å². The van der Waals surface area contributed by atoms with E-state index >= 15 is 0 Å². The number of benzene rings is 1. The van der Waals surface area contributed by atoms with E-state index in [9.17, 15) is 22.4 Å². The number of sulfonamides is 1. The molecule has 0 saturated carbocycles. The van der Waals surface area contributed by atoms with Crippen LogP contribution in [0.5, 0.6) is 0 Å². The summed E-state index contributed by atoms with van der Waals surface area (Å²) < 4.78 is 40.8. The second kappa shape index (κ2) is 6.44. The zero-order valence-corrected chi connectivity index (χ0v) is 13.9. The molecule has 0 aliphatic heterocycles. The molecular weight excluding hydrogens is 337 g/mol. The third kappa shape index (κ3) is 3.99. The first-order chi connectivity index (χ1) is 11.1. The molecule has 0 aliphatic rings. The number of nitrogens with zero attached hydrogens (tertiary/aromatic N) is 1. The topological polar surface area (TPSA) is 111 Å². The van der Waals surface area contributed by atoms with E-state index in [1.54, 1.807) is 6.92 Å². The normalized spacial score (nSPS) is 11.3. The number of amides is 2. The number of carbonyl (C=O) groups is 2. The highest BCUT2D eigenvalue weighted by molar-refractivity contribution is 7.89. The Morgan fingerprint density at radius 3 is 2.50 bits per heavy atom. The van der Waals surface area contributed by atoms with E-state index in [0.717, 1.165) is 6.07 Å². The summed E-state index contributed by atoms with van der Waals surface area (Å²) in [7, 11) is -2.56. The van der Waals surface area contributed by atoms with Gasteiger partial charge in [0.2, 0.25) is 15.9 Å². The molecule has 0 saturated heterocycles. The number of aryl methyl sites for hydroxylation is 2. The maximum Gasteiger partial charge on any atom is 0.281 e. The predicted octanol–water partition coefficient (Wildman–Crippen LogP) is 0.831. The van der Waals surface area contributed by atoms with Crippen LogP contribution >= 0.6 is 0 Å². The number of aromatic nitrogens is 1. The van der Waals surface area contributed by atoms with Crippen molar-refractivity contribution in [3.05, 3.63) is 58.7 Å². The van der Waals surface area contributed by atoms with Crippen molar-refractivity contribution in [1.82, 2.24) is 9.29 Å². The highest BCUT2D eigenvalue weighted by atomic mass is 32.2. The molecule has 0 unspecified atom stereocenters. The van der Waals surface area contributed by atoms with Crippen molar-refractivity contribution in [3.8, 4) is 0 Å². The van der Waals surface area contributed by atoms with Gasteiger partial charge < -0.3 is 10.3 Å². The van der Waals surface area contributed by atoms with Gasteiger partial charge in [0.1, 0.15) is 11.5 Å². The zero-order valence-electron chi connectivity index (χ0n) is 13.0. The number of nitrogens with one attached hydrogen (secondary N) is 1. The molecule has 0 fully saturated rings. The van der Waals surface area contributed by atoms with Crippen LogP contribution in [0.3, 0.4) is 0 Å². The Morgan fingerprint density at radius 1 is 1.29 bits per heavy atom. The third-order valence-electron chi connectivity index (χ3n) is 3.36. The number of nitrogens with two attached hydrogens (primary N) is 1. The first-order valence-electron chi connectivity index (χ1n) is 6.85. The second-order valence-corrected chi connectivity index (χ2v) is 7.09. The van der Waals surface area contributed by atoms with Gasteiger partial charge in [0, 0.05) is 13.2 Å². The maximum absolute atomic E-state index is 13.5. The summed E-state index contributed by atoms with van der Waals surface area (Å²) in [5.41, 5.74) is 5.76. The fourth-order valence-corrected chi connectivity index (χ4v) is 3.18. The van der Waals surface area contributed by atoms with Crippen molar-refractivity contribution in [2.75, 3.05) is 0 Å². The molecular formula is C15H16FN3O4S. The van der Waals surface area contributed by atoms with E-state index in [4.69, 9.17) is 5.73 Å². The minimum absolute atomic E-state index is 0.0394. The number of primary amides is 1. The summed E-state index contributed by atoms with van der Waals surface area (Å²) in [5, 5.41) is 0. The molecule has 2 aromatic rings. The Hall–Kier alpha value is -2.68. The molecule has 0 atom stereocenters. The van der Waals surface area contributed by atoms with Crippen LogP contribution in [-0.4, -0.2) is 24.8 Å². The van der Waals surface area contributed by atoms with Crippen molar-refractivity contribution in [1.29, 1.82) is 0 Å². The maximum atomic E-state index is 13.5. The van der Waals surface area contributed by atoms with Crippen molar-refractivity contribution in [2.24, 2.45) is 12.8 Å². The molecule has 2 rings (SSSR count). The monoisotopic (exact) mass is 353 g/mol. The fourth-order valence-electron chi connectivity index (χ4n) is 2.10. The van der Waals surface area contributed by atoms with Gasteiger partial charge in [0.25, 0.3) is 5.91 Å². The molecule has 0 spiro atoms. The van der Waals surface area contributed by atoms with Gasteiger partial charge in [-0.3, -0.25) is 9.59 Å². The zero-order chi connectivity index (χ0) is 18.1. The lowest BCUT2D eigenvalue weighted by atomic mass is 10.2. The summed E-state index contributed by atoms with van der Waals surface area (Å²) in [5.74, 6) is -2.72. The molecule has 24 heavy (non-hydrogen) atoms. The third-order valence-corrected chi connectivity index (χ3v) is 4.57. The van der Waals surface area contributed by atoms with Crippen LogP contribution in [0.1, 0.15) is 32.0 Å². The van der Waals surface area contributed by atoms with Crippen molar-refractivity contribution in [3.63, 3.8) is 0 Å². The van der Waals surface area contributed by atoms with Gasteiger partial charge in [0.05, 0.1) is 11.3 Å². The van der Waals surface area contributed by atoms with E-state index in [-0.39, 0.29) is 16.8 Å². The lowest BCUT2D eigenvalue weighted by Gasteiger charge is -2.08. The minimum atomic E-state index is -4.04. The first kappa shape index (κ1) is 17.7. The van der Waals surface area contributed by atoms with Crippen LogP contribution in [0.2, 0.25) is 0 Å². The Labute approximate surface area is 138 Å². The summed E-state index contributed by atoms with van der Waals surface area (Å²) in [4.78, 5) is 23.2. The van der Waals surface area contributed by atoms with E-state index < -0.39 is 33.4 Å². The average molecular weight is 353 g/mol. The first-order valence-corrected chi connectivity index (χ1v) is 8.50. The number of halogens is 1. The number of hydrogen-bond donors (Lipinski definition) is 2. The van der Waals surface area contributed by atoms with Gasteiger partial charge in [-0.1, -0.05) is 12.1 Å². The molecule has 1 aromatic heterocycles. The molecule has 7 nitrogen and oxygen atoms in total. The second-order valence-electron chi connectivity index (χ2n) is 5.36. The predicted molar refractivity (Wildman–Crippen MR) is 85.2 cm³/mol. The van der Waals surface area contributed by atoms with Gasteiger partial charge >= 0.3 is 0 Å². The fraction of sp³-hybridized carbons (Fsp3) is 0.200. The Kier molecular flexibility index (Phi) is 4.74. The van der Waals surface area contributed by atoms with Gasteiger partial charge in [-0.05, 0) is 30.2 Å². The van der Waals surface area contributed by atoms with E-state index in [2.05, 4.69) is 0 Å². The minimum Gasteiger partial charge on any atom is -0.366 e. The quantitative estimate of drug-likeness (QED) is 0.829. The van der Waals surface area contributed by atoms with Crippen LogP contribution < -0.4 is 10.5 Å². The molecule has 0 bridgehead atoms. The lowest BCUT2D eigenvalue weighted by Crippen LogP contribution is -2.32. The Balaban J connectivity index is 2.17. The molecule has 0 radical (unpaired) electrons. The molecule has 3 N–H and O–H groups in total. The van der Waals surface area contributed by atoms with Gasteiger partial charge in [0.15, 0.2) is 0 Å². The number of hydrogen-bond acceptors (Lipinski definition) is 4. The average Bonchev–Trinajstić information content (AvgIpc) is 2.84. The van der Waals surface area contributed by atoms with E-state index in [0.29, 0.717) is 5.56 Å². The highest BCUT2D eigenvalue weighted by Crippen LogP contribution is 2.12. The summed E-state index contributed by atoms with van der Waals surface area (Å²) in [6, 6.07) is 5.22. The summed E-state index contributed by atoms with van der Waals surface area (Å²) in [6.07, 6.45) is 1.32. The molecule has 128 valence electrons. The van der Waals surface area contributed by atoms with Gasteiger partial charge in [-0.15, -0.1) is 0 Å². The molecule has 2 amide bonds. The molecule has 1 heterocycles. The lowest BCUT2D eigenvalue weighted by molar-refractivity contribution is 0.0972. The van der Waals surface area contributed by atoms with Crippen molar-refractivity contribution >= 4 is 21.8 Å². The molecule has 0 aliphatic carbocycles. The summed E-state index contributed by atoms with van der Waals surface area (Å²) >= 11 is 0. The van der Waals surface area contributed by atoms with Crippen LogP contribution in [0.4, 0.5) is 4.39 Å². The molecule has 1 aromatic carbocycles.